The maximum Gasteiger partial charge on any atom is 0.260 e. The highest BCUT2D eigenvalue weighted by molar-refractivity contribution is 5.81. The van der Waals surface area contributed by atoms with Crippen LogP contribution in [0.3, 0.4) is 0 Å². The molecule has 3 rings (SSSR count). The third kappa shape index (κ3) is 3.85. The number of hydrogen-bond acceptors (Lipinski definition) is 3. The minimum Gasteiger partial charge on any atom is -0.494 e. The zero-order chi connectivity index (χ0) is 18.4. The van der Waals surface area contributed by atoms with Crippen LogP contribution in [-0.4, -0.2) is 16.2 Å². The Hall–Kier alpha value is -2.88. The zero-order valence-corrected chi connectivity index (χ0v) is 15.3. The lowest BCUT2D eigenvalue weighted by atomic mass is 10.1. The Labute approximate surface area is 153 Å². The first-order valence-corrected chi connectivity index (χ1v) is 9.07. The fourth-order valence-electron chi connectivity index (χ4n) is 2.94. The Kier molecular flexibility index (Phi) is 5.84. The summed E-state index contributed by atoms with van der Waals surface area (Å²) in [7, 11) is 0. The van der Waals surface area contributed by atoms with Crippen LogP contribution in [0.5, 0.6) is 5.75 Å². The van der Waals surface area contributed by atoms with Crippen molar-refractivity contribution >= 4 is 11.0 Å². The highest BCUT2D eigenvalue weighted by atomic mass is 16.5. The number of nitrogens with zero attached hydrogens (tertiary/aromatic N) is 2. The van der Waals surface area contributed by atoms with Crippen LogP contribution in [0.1, 0.15) is 26.7 Å². The van der Waals surface area contributed by atoms with Crippen molar-refractivity contribution in [3.63, 3.8) is 0 Å². The molecule has 0 fully saturated rings. The molecule has 134 valence electrons. The van der Waals surface area contributed by atoms with Crippen molar-refractivity contribution in [2.75, 3.05) is 6.61 Å². The maximum atomic E-state index is 13.1. The van der Waals surface area contributed by atoms with Crippen LogP contribution in [0.2, 0.25) is 0 Å². The van der Waals surface area contributed by atoms with Crippen LogP contribution in [-0.2, 0) is 6.54 Å². The highest BCUT2D eigenvalue weighted by Crippen LogP contribution is 2.23. The van der Waals surface area contributed by atoms with E-state index in [2.05, 4.69) is 18.0 Å². The van der Waals surface area contributed by atoms with Gasteiger partial charge in [-0.3, -0.25) is 9.36 Å². The first-order chi connectivity index (χ1) is 12.7. The van der Waals surface area contributed by atoms with Crippen LogP contribution in [0.4, 0.5) is 0 Å². The van der Waals surface area contributed by atoms with Crippen LogP contribution in [0.15, 0.2) is 65.6 Å². The molecule has 0 aliphatic heterocycles. The molecule has 4 heteroatoms. The Morgan fingerprint density at radius 2 is 2.00 bits per heavy atom. The summed E-state index contributed by atoms with van der Waals surface area (Å²) in [6, 6.07) is 13.5. The van der Waals surface area contributed by atoms with Gasteiger partial charge in [0.15, 0.2) is 0 Å². The first-order valence-electron chi connectivity index (χ1n) is 9.07. The molecule has 0 N–H and O–H groups in total. The number of aryl methyl sites for hydroxylation is 1. The van der Waals surface area contributed by atoms with Crippen LogP contribution < -0.4 is 10.3 Å². The lowest BCUT2D eigenvalue weighted by Gasteiger charge is -2.12. The molecular weight excluding hydrogens is 324 g/mol. The largest absolute Gasteiger partial charge is 0.494 e. The van der Waals surface area contributed by atoms with Gasteiger partial charge in [-0.2, -0.15) is 0 Å². The smallest absolute Gasteiger partial charge is 0.260 e. The van der Waals surface area contributed by atoms with E-state index in [0.29, 0.717) is 18.7 Å². The quantitative estimate of drug-likeness (QED) is 0.575. The van der Waals surface area contributed by atoms with Gasteiger partial charge in [-0.05, 0) is 55.7 Å². The van der Waals surface area contributed by atoms with Gasteiger partial charge in [-0.25, -0.2) is 4.98 Å². The molecule has 4 nitrogen and oxygen atoms in total. The molecule has 0 radical (unpaired) electrons. The third-order valence-electron chi connectivity index (χ3n) is 4.24. The monoisotopic (exact) mass is 348 g/mol. The Morgan fingerprint density at radius 1 is 1.19 bits per heavy atom. The molecule has 26 heavy (non-hydrogen) atoms. The number of ether oxygens (including phenoxy) is 1. The fraction of sp³-hybridized carbons (Fsp3) is 0.273. The van der Waals surface area contributed by atoms with E-state index in [1.54, 1.807) is 10.8 Å². The number of allylic oxidation sites excluding steroid dienone is 2. The topological polar surface area (TPSA) is 44.1 Å². The highest BCUT2D eigenvalue weighted by Gasteiger charge is 2.11. The average Bonchev–Trinajstić information content (AvgIpc) is 2.68. The summed E-state index contributed by atoms with van der Waals surface area (Å²) in [5.41, 5.74) is 2.30. The van der Waals surface area contributed by atoms with E-state index in [1.165, 1.54) is 0 Å². The van der Waals surface area contributed by atoms with Gasteiger partial charge in [0.25, 0.3) is 5.56 Å². The number of pyridine rings is 2. The molecular formula is C22H24N2O2. The van der Waals surface area contributed by atoms with E-state index in [0.717, 1.165) is 35.2 Å². The number of aromatic nitrogens is 2. The van der Waals surface area contributed by atoms with Crippen molar-refractivity contribution in [1.82, 2.24) is 9.55 Å². The van der Waals surface area contributed by atoms with Gasteiger partial charge >= 0.3 is 0 Å². The van der Waals surface area contributed by atoms with E-state index < -0.39 is 0 Å². The van der Waals surface area contributed by atoms with E-state index in [4.69, 9.17) is 4.74 Å². The number of rotatable bonds is 7. The van der Waals surface area contributed by atoms with Gasteiger partial charge in [0, 0.05) is 23.7 Å². The van der Waals surface area contributed by atoms with E-state index in [-0.39, 0.29) is 5.56 Å². The van der Waals surface area contributed by atoms with Crippen molar-refractivity contribution < 1.29 is 4.74 Å². The van der Waals surface area contributed by atoms with Gasteiger partial charge in [0.05, 0.1) is 6.61 Å². The van der Waals surface area contributed by atoms with Gasteiger partial charge < -0.3 is 4.74 Å². The maximum absolute atomic E-state index is 13.1. The SMILES string of the molecule is CC=CCCn1c(=O)c(-c2ccc(OCCC)cc2)cc2cccnc21. The summed E-state index contributed by atoms with van der Waals surface area (Å²) in [4.78, 5) is 17.5. The van der Waals surface area contributed by atoms with Crippen LogP contribution in [0, 0.1) is 0 Å². The van der Waals surface area contributed by atoms with E-state index in [1.807, 2.05) is 55.5 Å². The van der Waals surface area contributed by atoms with Crippen molar-refractivity contribution in [3.05, 3.63) is 71.2 Å². The molecule has 0 aliphatic rings. The van der Waals surface area contributed by atoms with Crippen LogP contribution in [0.25, 0.3) is 22.2 Å². The number of benzene rings is 1. The predicted molar refractivity (Wildman–Crippen MR) is 107 cm³/mol. The predicted octanol–water partition coefficient (Wildman–Crippen LogP) is 4.82. The summed E-state index contributed by atoms with van der Waals surface area (Å²) in [6.07, 6.45) is 7.56. The Bertz CT molecular complexity index is 956. The molecule has 3 aromatic rings. The first kappa shape index (κ1) is 17.9. The third-order valence-corrected chi connectivity index (χ3v) is 4.24. The molecule has 2 heterocycles. The van der Waals surface area contributed by atoms with Crippen molar-refractivity contribution in [2.45, 2.75) is 33.2 Å². The lowest BCUT2D eigenvalue weighted by Crippen LogP contribution is -2.22. The summed E-state index contributed by atoms with van der Waals surface area (Å²) >= 11 is 0. The van der Waals surface area contributed by atoms with Crippen LogP contribution >= 0.6 is 0 Å². The number of fused-ring (bicyclic) bond motifs is 1. The van der Waals surface area contributed by atoms with Gasteiger partial charge in [-0.1, -0.05) is 31.2 Å². The summed E-state index contributed by atoms with van der Waals surface area (Å²) in [6.45, 7) is 5.37. The molecule has 0 spiro atoms. The Balaban J connectivity index is 2.05. The summed E-state index contributed by atoms with van der Waals surface area (Å²) in [5, 5.41) is 0.967. The van der Waals surface area contributed by atoms with Crippen molar-refractivity contribution in [2.24, 2.45) is 0 Å². The van der Waals surface area contributed by atoms with Crippen molar-refractivity contribution in [1.29, 1.82) is 0 Å². The van der Waals surface area contributed by atoms with E-state index in [9.17, 15) is 4.79 Å². The van der Waals surface area contributed by atoms with E-state index >= 15 is 0 Å². The fourth-order valence-corrected chi connectivity index (χ4v) is 2.94. The minimum atomic E-state index is -0.0112. The van der Waals surface area contributed by atoms with Gasteiger partial charge in [-0.15, -0.1) is 0 Å². The van der Waals surface area contributed by atoms with Crippen molar-refractivity contribution in [3.8, 4) is 16.9 Å². The average molecular weight is 348 g/mol. The summed E-state index contributed by atoms with van der Waals surface area (Å²) in [5.74, 6) is 0.825. The molecule has 0 saturated heterocycles. The molecule has 0 saturated carbocycles. The number of hydrogen-bond donors (Lipinski definition) is 0. The molecule has 1 aromatic carbocycles. The molecule has 0 unspecified atom stereocenters. The molecule has 0 amide bonds. The molecule has 0 aliphatic carbocycles. The molecule has 0 atom stereocenters. The standard InChI is InChI=1S/C22H24N2O2/c1-3-5-6-14-24-21-18(8-7-13-23-21)16-20(22(24)25)17-9-11-19(12-10-17)26-15-4-2/h3,5,7-13,16H,4,6,14-15H2,1-2H3. The Morgan fingerprint density at radius 3 is 2.73 bits per heavy atom. The molecule has 2 aromatic heterocycles. The second-order valence-electron chi connectivity index (χ2n) is 6.16. The molecule has 0 bridgehead atoms. The zero-order valence-electron chi connectivity index (χ0n) is 15.3. The van der Waals surface area contributed by atoms with Gasteiger partial charge in [0.2, 0.25) is 0 Å². The lowest BCUT2D eigenvalue weighted by molar-refractivity contribution is 0.317. The minimum absolute atomic E-state index is 0.0112. The second-order valence-corrected chi connectivity index (χ2v) is 6.16. The van der Waals surface area contributed by atoms with Gasteiger partial charge in [0.1, 0.15) is 11.4 Å². The normalized spacial score (nSPS) is 11.3. The summed E-state index contributed by atoms with van der Waals surface area (Å²) < 4.78 is 7.40. The second kappa shape index (κ2) is 8.48.